The predicted molar refractivity (Wildman–Crippen MR) is 79.1 cm³/mol. The molecule has 1 aromatic heterocycles. The lowest BCUT2D eigenvalue weighted by atomic mass is 10.3. The van der Waals surface area contributed by atoms with E-state index in [1.165, 1.54) is 11.8 Å². The molecule has 1 heterocycles. The van der Waals surface area contributed by atoms with Crippen LogP contribution in [0, 0.1) is 0 Å². The van der Waals surface area contributed by atoms with Gasteiger partial charge in [-0.3, -0.25) is 4.79 Å². The Morgan fingerprint density at radius 3 is 2.76 bits per heavy atom. The molecule has 0 radical (unpaired) electrons. The number of thioether (sulfide) groups is 1. The van der Waals surface area contributed by atoms with Crippen LogP contribution in [-0.2, 0) is 11.4 Å². The van der Waals surface area contributed by atoms with Gasteiger partial charge in [0.1, 0.15) is 5.75 Å². The molecule has 0 saturated heterocycles. The van der Waals surface area contributed by atoms with Gasteiger partial charge in [-0.1, -0.05) is 30.0 Å². The van der Waals surface area contributed by atoms with E-state index in [0.29, 0.717) is 23.3 Å². The lowest BCUT2D eigenvalue weighted by Crippen LogP contribution is -2.21. The molecule has 0 fully saturated rings. The van der Waals surface area contributed by atoms with Crippen molar-refractivity contribution in [1.29, 1.82) is 0 Å². The van der Waals surface area contributed by atoms with Crippen molar-refractivity contribution >= 4 is 17.7 Å². The standard InChI is InChI=1S/C14H17N3O3S/c1-17(2)13(18)8-9-21-14-16-15-12(20-14)10-19-11-6-4-3-5-7-11/h3-7H,8-10H2,1-2H3. The van der Waals surface area contributed by atoms with Crippen LogP contribution in [0.1, 0.15) is 12.3 Å². The van der Waals surface area contributed by atoms with Gasteiger partial charge in [-0.25, -0.2) is 0 Å². The Hall–Kier alpha value is -2.02. The Morgan fingerprint density at radius 2 is 2.05 bits per heavy atom. The van der Waals surface area contributed by atoms with Crippen molar-refractivity contribution in [2.75, 3.05) is 19.8 Å². The van der Waals surface area contributed by atoms with E-state index in [-0.39, 0.29) is 12.5 Å². The average Bonchev–Trinajstić information content (AvgIpc) is 2.94. The number of para-hydroxylation sites is 1. The first-order valence-electron chi connectivity index (χ1n) is 6.48. The maximum absolute atomic E-state index is 11.4. The topological polar surface area (TPSA) is 68.5 Å². The van der Waals surface area contributed by atoms with Gasteiger partial charge in [0, 0.05) is 26.3 Å². The van der Waals surface area contributed by atoms with E-state index >= 15 is 0 Å². The molecular weight excluding hydrogens is 290 g/mol. The van der Waals surface area contributed by atoms with Gasteiger partial charge < -0.3 is 14.1 Å². The van der Waals surface area contributed by atoms with Crippen LogP contribution in [0.25, 0.3) is 0 Å². The van der Waals surface area contributed by atoms with Gasteiger partial charge in [0.15, 0.2) is 6.61 Å². The molecule has 0 saturated carbocycles. The highest BCUT2D eigenvalue weighted by Gasteiger charge is 2.09. The maximum Gasteiger partial charge on any atom is 0.276 e. The third-order valence-corrected chi connectivity index (χ3v) is 3.41. The fourth-order valence-corrected chi connectivity index (χ4v) is 2.17. The number of ether oxygens (including phenoxy) is 1. The molecule has 0 aliphatic heterocycles. The Bertz CT molecular complexity index is 572. The predicted octanol–water partition coefficient (Wildman–Crippen LogP) is 2.22. The number of amides is 1. The van der Waals surface area contributed by atoms with Crippen LogP contribution < -0.4 is 4.74 Å². The molecule has 0 bridgehead atoms. The van der Waals surface area contributed by atoms with Gasteiger partial charge in [0.2, 0.25) is 5.91 Å². The lowest BCUT2D eigenvalue weighted by Gasteiger charge is -2.08. The zero-order valence-electron chi connectivity index (χ0n) is 12.0. The monoisotopic (exact) mass is 307 g/mol. The summed E-state index contributed by atoms with van der Waals surface area (Å²) in [5.41, 5.74) is 0. The molecule has 1 amide bonds. The van der Waals surface area contributed by atoms with Crippen molar-refractivity contribution in [3.63, 3.8) is 0 Å². The molecule has 0 aliphatic carbocycles. The van der Waals surface area contributed by atoms with Crippen LogP contribution >= 0.6 is 11.8 Å². The molecule has 0 N–H and O–H groups in total. The quantitative estimate of drug-likeness (QED) is 0.731. The van der Waals surface area contributed by atoms with Crippen LogP contribution in [0.3, 0.4) is 0 Å². The maximum atomic E-state index is 11.4. The van der Waals surface area contributed by atoms with Crippen LogP contribution in [0.5, 0.6) is 5.75 Å². The summed E-state index contributed by atoms with van der Waals surface area (Å²) in [6.07, 6.45) is 0.440. The van der Waals surface area contributed by atoms with E-state index < -0.39 is 0 Å². The molecule has 0 spiro atoms. The summed E-state index contributed by atoms with van der Waals surface area (Å²) in [5, 5.41) is 8.27. The number of carbonyl (C=O) groups excluding carboxylic acids is 1. The highest BCUT2D eigenvalue weighted by molar-refractivity contribution is 7.99. The van der Waals surface area contributed by atoms with Crippen LogP contribution in [0.15, 0.2) is 40.0 Å². The fraction of sp³-hybridized carbons (Fsp3) is 0.357. The second-order valence-electron chi connectivity index (χ2n) is 4.45. The second kappa shape index (κ2) is 7.68. The van der Waals surface area contributed by atoms with E-state index in [9.17, 15) is 4.79 Å². The SMILES string of the molecule is CN(C)C(=O)CCSc1nnc(COc2ccccc2)o1. The third-order valence-electron chi connectivity index (χ3n) is 2.59. The Kier molecular flexibility index (Phi) is 5.62. The molecule has 2 aromatic rings. The van der Waals surface area contributed by atoms with Gasteiger partial charge in [-0.2, -0.15) is 0 Å². The zero-order chi connectivity index (χ0) is 15.1. The van der Waals surface area contributed by atoms with Crippen molar-refractivity contribution < 1.29 is 13.9 Å². The summed E-state index contributed by atoms with van der Waals surface area (Å²) >= 11 is 1.37. The number of carbonyl (C=O) groups is 1. The number of aromatic nitrogens is 2. The van der Waals surface area contributed by atoms with Gasteiger partial charge in [-0.05, 0) is 12.1 Å². The van der Waals surface area contributed by atoms with E-state index in [2.05, 4.69) is 10.2 Å². The normalized spacial score (nSPS) is 10.4. The average molecular weight is 307 g/mol. The minimum absolute atomic E-state index is 0.0784. The summed E-state index contributed by atoms with van der Waals surface area (Å²) in [5.74, 6) is 1.86. The smallest absolute Gasteiger partial charge is 0.276 e. The van der Waals surface area contributed by atoms with E-state index in [0.717, 1.165) is 5.75 Å². The van der Waals surface area contributed by atoms with Gasteiger partial charge in [0.25, 0.3) is 11.1 Å². The van der Waals surface area contributed by atoms with E-state index in [4.69, 9.17) is 9.15 Å². The number of benzene rings is 1. The Labute approximate surface area is 127 Å². The number of rotatable bonds is 7. The summed E-state index contributed by atoms with van der Waals surface area (Å²) in [6, 6.07) is 9.43. The zero-order valence-corrected chi connectivity index (χ0v) is 12.8. The second-order valence-corrected chi connectivity index (χ2v) is 5.50. The number of hydrogen-bond acceptors (Lipinski definition) is 6. The summed E-state index contributed by atoms with van der Waals surface area (Å²) in [6.45, 7) is 0.230. The molecular formula is C14H17N3O3S. The van der Waals surface area contributed by atoms with E-state index in [1.54, 1.807) is 19.0 Å². The van der Waals surface area contributed by atoms with Crippen LogP contribution in [-0.4, -0.2) is 40.9 Å². The summed E-state index contributed by atoms with van der Waals surface area (Å²) in [4.78, 5) is 13.0. The first-order chi connectivity index (χ1) is 10.1. The van der Waals surface area contributed by atoms with Gasteiger partial charge >= 0.3 is 0 Å². The first-order valence-corrected chi connectivity index (χ1v) is 7.47. The molecule has 6 nitrogen and oxygen atoms in total. The van der Waals surface area contributed by atoms with Crippen molar-refractivity contribution in [2.24, 2.45) is 0 Å². The van der Waals surface area contributed by atoms with Crippen LogP contribution in [0.2, 0.25) is 0 Å². The molecule has 7 heteroatoms. The van der Waals surface area contributed by atoms with Crippen LogP contribution in [0.4, 0.5) is 0 Å². The van der Waals surface area contributed by atoms with Gasteiger partial charge in [0.05, 0.1) is 0 Å². The Morgan fingerprint density at radius 1 is 1.29 bits per heavy atom. The number of nitrogens with zero attached hydrogens (tertiary/aromatic N) is 3. The van der Waals surface area contributed by atoms with Gasteiger partial charge in [-0.15, -0.1) is 10.2 Å². The minimum Gasteiger partial charge on any atom is -0.484 e. The molecule has 2 rings (SSSR count). The van der Waals surface area contributed by atoms with Crippen molar-refractivity contribution in [2.45, 2.75) is 18.3 Å². The summed E-state index contributed by atoms with van der Waals surface area (Å²) in [7, 11) is 3.47. The third kappa shape index (κ3) is 5.11. The molecule has 112 valence electrons. The molecule has 0 unspecified atom stereocenters. The molecule has 0 atom stereocenters. The Balaban J connectivity index is 1.75. The highest BCUT2D eigenvalue weighted by atomic mass is 32.2. The van der Waals surface area contributed by atoms with Crippen molar-refractivity contribution in [3.05, 3.63) is 36.2 Å². The largest absolute Gasteiger partial charge is 0.484 e. The lowest BCUT2D eigenvalue weighted by molar-refractivity contribution is -0.128. The molecule has 1 aromatic carbocycles. The first kappa shape index (κ1) is 15.4. The number of hydrogen-bond donors (Lipinski definition) is 0. The minimum atomic E-state index is 0.0784. The highest BCUT2D eigenvalue weighted by Crippen LogP contribution is 2.18. The molecule has 0 aliphatic rings. The van der Waals surface area contributed by atoms with Crippen molar-refractivity contribution in [3.8, 4) is 5.75 Å². The molecule has 21 heavy (non-hydrogen) atoms. The van der Waals surface area contributed by atoms with E-state index in [1.807, 2.05) is 30.3 Å². The fourth-order valence-electron chi connectivity index (χ4n) is 1.47. The summed E-state index contributed by atoms with van der Waals surface area (Å²) < 4.78 is 11.0. The van der Waals surface area contributed by atoms with Crippen molar-refractivity contribution in [1.82, 2.24) is 15.1 Å².